The summed E-state index contributed by atoms with van der Waals surface area (Å²) in [6.45, 7) is 1.79. The molecule has 0 saturated heterocycles. The van der Waals surface area contributed by atoms with E-state index in [1.165, 1.54) is 18.2 Å². The molecule has 126 valence electrons. The van der Waals surface area contributed by atoms with E-state index in [1.54, 1.807) is 20.1 Å². The number of carbonyl (C=O) groups is 2. The van der Waals surface area contributed by atoms with Crippen molar-refractivity contribution in [1.82, 2.24) is 5.32 Å². The van der Waals surface area contributed by atoms with Gasteiger partial charge in [-0.05, 0) is 43.2 Å². The highest BCUT2D eigenvalue weighted by Gasteiger charge is 2.17. The summed E-state index contributed by atoms with van der Waals surface area (Å²) in [7, 11) is 1.58. The summed E-state index contributed by atoms with van der Waals surface area (Å²) >= 11 is 0. The van der Waals surface area contributed by atoms with Crippen LogP contribution in [0.4, 0.5) is 10.1 Å². The van der Waals surface area contributed by atoms with Gasteiger partial charge in [0, 0.05) is 6.04 Å². The van der Waals surface area contributed by atoms with Crippen molar-refractivity contribution in [3.63, 3.8) is 0 Å². The summed E-state index contributed by atoms with van der Waals surface area (Å²) in [5, 5.41) is 4.84. The molecule has 0 aliphatic heterocycles. The van der Waals surface area contributed by atoms with Crippen molar-refractivity contribution in [3.05, 3.63) is 59.9 Å². The molecular weight excluding hydrogens is 311 g/mol. The van der Waals surface area contributed by atoms with Crippen molar-refractivity contribution < 1.29 is 18.7 Å². The molecule has 0 bridgehead atoms. The largest absolute Gasteiger partial charge is 0.497 e. The molecule has 0 aliphatic rings. The van der Waals surface area contributed by atoms with Gasteiger partial charge in [0.25, 0.3) is 0 Å². The minimum atomic E-state index is -0.905. The summed E-state index contributed by atoms with van der Waals surface area (Å²) in [6, 6.07) is 12.9. The van der Waals surface area contributed by atoms with Crippen LogP contribution in [0.2, 0.25) is 0 Å². The lowest BCUT2D eigenvalue weighted by Gasteiger charge is -2.14. The van der Waals surface area contributed by atoms with Crippen molar-refractivity contribution in [2.75, 3.05) is 12.4 Å². The molecule has 0 heterocycles. The first-order valence-electron chi connectivity index (χ1n) is 7.49. The number of benzene rings is 2. The molecule has 2 N–H and O–H groups in total. The Balaban J connectivity index is 1.91. The molecule has 2 aromatic carbocycles. The van der Waals surface area contributed by atoms with Gasteiger partial charge in [-0.2, -0.15) is 0 Å². The molecule has 0 saturated carbocycles. The number of nitrogens with one attached hydrogen (secondary N) is 2. The van der Waals surface area contributed by atoms with E-state index in [-0.39, 0.29) is 11.7 Å². The van der Waals surface area contributed by atoms with Crippen LogP contribution in [0.15, 0.2) is 48.5 Å². The summed E-state index contributed by atoms with van der Waals surface area (Å²) in [5.74, 6) is -1.59. The molecule has 1 atom stereocenters. The zero-order chi connectivity index (χ0) is 17.5. The Hall–Kier alpha value is -2.89. The number of hydrogen-bond acceptors (Lipinski definition) is 3. The predicted molar refractivity (Wildman–Crippen MR) is 89.3 cm³/mol. The number of hydrogen-bond donors (Lipinski definition) is 2. The number of rotatable bonds is 5. The van der Waals surface area contributed by atoms with Gasteiger partial charge < -0.3 is 15.4 Å². The smallest absolute Gasteiger partial charge is 0.313 e. The Labute approximate surface area is 139 Å². The average molecular weight is 330 g/mol. The second-order valence-corrected chi connectivity index (χ2v) is 5.36. The van der Waals surface area contributed by atoms with E-state index in [2.05, 4.69) is 10.6 Å². The first kappa shape index (κ1) is 17.5. The van der Waals surface area contributed by atoms with Crippen molar-refractivity contribution >= 4 is 17.5 Å². The van der Waals surface area contributed by atoms with Crippen LogP contribution in [0.25, 0.3) is 0 Å². The quantitative estimate of drug-likeness (QED) is 0.828. The number of ether oxygens (including phenoxy) is 1. The minimum Gasteiger partial charge on any atom is -0.497 e. The van der Waals surface area contributed by atoms with Crippen LogP contribution in [-0.4, -0.2) is 25.0 Å². The molecule has 2 aromatic rings. The van der Waals surface area contributed by atoms with Gasteiger partial charge in [-0.25, -0.2) is 4.39 Å². The molecule has 6 heteroatoms. The van der Waals surface area contributed by atoms with Gasteiger partial charge in [0.2, 0.25) is 0 Å². The fraction of sp³-hybridized carbons (Fsp3) is 0.222. The highest BCUT2D eigenvalue weighted by Crippen LogP contribution is 2.14. The lowest BCUT2D eigenvalue weighted by Crippen LogP contribution is -2.41. The highest BCUT2D eigenvalue weighted by molar-refractivity contribution is 6.39. The minimum absolute atomic E-state index is 0.0295. The van der Waals surface area contributed by atoms with E-state index >= 15 is 0 Å². The van der Waals surface area contributed by atoms with E-state index in [0.717, 1.165) is 11.3 Å². The average Bonchev–Trinajstić information content (AvgIpc) is 2.56. The highest BCUT2D eigenvalue weighted by atomic mass is 19.1. The molecule has 0 aromatic heterocycles. The standard InChI is InChI=1S/C18H19FN2O3/c1-12(10-13-6-5-7-14(11-13)24-2)20-17(22)18(23)21-16-9-4-3-8-15(16)19/h3-9,11-12H,10H2,1-2H3,(H,20,22)(H,21,23). The lowest BCUT2D eigenvalue weighted by atomic mass is 10.1. The summed E-state index contributed by atoms with van der Waals surface area (Å²) in [4.78, 5) is 23.8. The number of para-hydroxylation sites is 1. The molecule has 0 fully saturated rings. The normalized spacial score (nSPS) is 11.5. The first-order valence-corrected chi connectivity index (χ1v) is 7.49. The second-order valence-electron chi connectivity index (χ2n) is 5.36. The third-order valence-electron chi connectivity index (χ3n) is 3.38. The van der Waals surface area contributed by atoms with Crippen LogP contribution >= 0.6 is 0 Å². The Bertz CT molecular complexity index is 734. The van der Waals surface area contributed by atoms with Gasteiger partial charge in [0.15, 0.2) is 0 Å². The zero-order valence-corrected chi connectivity index (χ0v) is 13.5. The van der Waals surface area contributed by atoms with Gasteiger partial charge in [-0.15, -0.1) is 0 Å². The number of halogens is 1. The van der Waals surface area contributed by atoms with Crippen LogP contribution in [0.3, 0.4) is 0 Å². The lowest BCUT2D eigenvalue weighted by molar-refractivity contribution is -0.136. The van der Waals surface area contributed by atoms with Crippen LogP contribution in [0.5, 0.6) is 5.75 Å². The van der Waals surface area contributed by atoms with E-state index < -0.39 is 17.6 Å². The van der Waals surface area contributed by atoms with Crippen molar-refractivity contribution in [2.24, 2.45) is 0 Å². The van der Waals surface area contributed by atoms with E-state index in [9.17, 15) is 14.0 Å². The maximum Gasteiger partial charge on any atom is 0.313 e. The van der Waals surface area contributed by atoms with Gasteiger partial charge in [-0.1, -0.05) is 24.3 Å². The molecule has 1 unspecified atom stereocenters. The maximum absolute atomic E-state index is 13.5. The third-order valence-corrected chi connectivity index (χ3v) is 3.38. The van der Waals surface area contributed by atoms with Crippen LogP contribution in [-0.2, 0) is 16.0 Å². The molecule has 0 spiro atoms. The van der Waals surface area contributed by atoms with Crippen LogP contribution in [0.1, 0.15) is 12.5 Å². The fourth-order valence-corrected chi connectivity index (χ4v) is 2.24. The van der Waals surface area contributed by atoms with E-state index in [0.29, 0.717) is 6.42 Å². The molecular formula is C18H19FN2O3. The summed E-state index contributed by atoms with van der Waals surface area (Å²) in [5.41, 5.74) is 0.940. The van der Waals surface area contributed by atoms with Crippen molar-refractivity contribution in [1.29, 1.82) is 0 Å². The Morgan fingerprint density at radius 1 is 1.12 bits per heavy atom. The van der Waals surface area contributed by atoms with Crippen LogP contribution in [0, 0.1) is 5.82 Å². The Morgan fingerprint density at radius 2 is 1.88 bits per heavy atom. The number of anilines is 1. The molecule has 0 aliphatic carbocycles. The van der Waals surface area contributed by atoms with Crippen molar-refractivity contribution in [3.8, 4) is 5.75 Å². The van der Waals surface area contributed by atoms with Gasteiger partial charge in [-0.3, -0.25) is 9.59 Å². The van der Waals surface area contributed by atoms with E-state index in [1.807, 2.05) is 24.3 Å². The number of amides is 2. The SMILES string of the molecule is COc1cccc(CC(C)NC(=O)C(=O)Nc2ccccc2F)c1. The monoisotopic (exact) mass is 330 g/mol. The second kappa shape index (κ2) is 8.10. The third kappa shape index (κ3) is 4.81. The molecule has 0 radical (unpaired) electrons. The van der Waals surface area contributed by atoms with Gasteiger partial charge in [0.05, 0.1) is 12.8 Å². The first-order chi connectivity index (χ1) is 11.5. The van der Waals surface area contributed by atoms with Gasteiger partial charge in [0.1, 0.15) is 11.6 Å². The molecule has 2 rings (SSSR count). The van der Waals surface area contributed by atoms with Gasteiger partial charge >= 0.3 is 11.8 Å². The molecule has 5 nitrogen and oxygen atoms in total. The van der Waals surface area contributed by atoms with Crippen molar-refractivity contribution in [2.45, 2.75) is 19.4 Å². The number of carbonyl (C=O) groups excluding carboxylic acids is 2. The zero-order valence-electron chi connectivity index (χ0n) is 13.5. The summed E-state index contributed by atoms with van der Waals surface area (Å²) in [6.07, 6.45) is 0.538. The fourth-order valence-electron chi connectivity index (χ4n) is 2.24. The van der Waals surface area contributed by atoms with E-state index in [4.69, 9.17) is 4.74 Å². The van der Waals surface area contributed by atoms with Crippen LogP contribution < -0.4 is 15.4 Å². The molecule has 2 amide bonds. The Kier molecular flexibility index (Phi) is 5.89. The number of methoxy groups -OCH3 is 1. The summed E-state index contributed by atoms with van der Waals surface area (Å²) < 4.78 is 18.6. The maximum atomic E-state index is 13.5. The predicted octanol–water partition coefficient (Wildman–Crippen LogP) is 2.52. The Morgan fingerprint density at radius 3 is 2.58 bits per heavy atom. The topological polar surface area (TPSA) is 67.4 Å². The molecule has 24 heavy (non-hydrogen) atoms.